The summed E-state index contributed by atoms with van der Waals surface area (Å²) >= 11 is 0. The average Bonchev–Trinajstić information content (AvgIpc) is 3.03. The summed E-state index contributed by atoms with van der Waals surface area (Å²) in [6, 6.07) is 11.9. The number of carboxylic acids is 1. The lowest BCUT2D eigenvalue weighted by molar-refractivity contribution is -0.135. The van der Waals surface area contributed by atoms with E-state index in [1.54, 1.807) is 64.5 Å². The smallest absolute Gasteiger partial charge is 0.323 e. The molecule has 0 aliphatic carbocycles. The molecule has 5 rings (SSSR count). The van der Waals surface area contributed by atoms with E-state index in [1.165, 1.54) is 4.90 Å². The number of anilines is 2. The van der Waals surface area contributed by atoms with Gasteiger partial charge in [-0.1, -0.05) is 18.2 Å². The number of amides is 5. The molecule has 5 amide bonds. The second kappa shape index (κ2) is 12.4. The predicted octanol–water partition coefficient (Wildman–Crippen LogP) is 2.43. The first-order valence-corrected chi connectivity index (χ1v) is 14.7. The van der Waals surface area contributed by atoms with Gasteiger partial charge in [-0.15, -0.1) is 0 Å². The van der Waals surface area contributed by atoms with Crippen molar-refractivity contribution < 1.29 is 24.3 Å². The number of carboxylic acid groups (broad SMARTS) is 1. The molecule has 0 bridgehead atoms. The van der Waals surface area contributed by atoms with Crippen molar-refractivity contribution in [1.29, 1.82) is 0 Å². The first kappa shape index (κ1) is 30.5. The summed E-state index contributed by atoms with van der Waals surface area (Å²) < 4.78 is 0. The molecule has 13 nitrogen and oxygen atoms in total. The maximum atomic E-state index is 13.7. The topological polar surface area (TPSA) is 215 Å². The van der Waals surface area contributed by atoms with Crippen LogP contribution < -0.4 is 27.8 Å². The Morgan fingerprint density at radius 3 is 2.41 bits per heavy atom. The molecule has 3 heterocycles. The molecular formula is C31H38N8O5. The van der Waals surface area contributed by atoms with Gasteiger partial charge in [0.15, 0.2) is 0 Å². The quantitative estimate of drug-likeness (QED) is 0.270. The molecule has 13 heteroatoms. The van der Waals surface area contributed by atoms with Gasteiger partial charge in [0.1, 0.15) is 12.4 Å². The molecule has 44 heavy (non-hydrogen) atoms. The Balaban J connectivity index is 1.57. The number of piperidine rings is 2. The van der Waals surface area contributed by atoms with E-state index >= 15 is 0 Å². The van der Waals surface area contributed by atoms with E-state index in [9.17, 15) is 24.3 Å². The van der Waals surface area contributed by atoms with Crippen molar-refractivity contribution >= 4 is 46.2 Å². The third-order valence-corrected chi connectivity index (χ3v) is 9.08. The van der Waals surface area contributed by atoms with Crippen LogP contribution in [0.3, 0.4) is 0 Å². The second-order valence-electron chi connectivity index (χ2n) is 11.5. The van der Waals surface area contributed by atoms with Gasteiger partial charge in [0.2, 0.25) is 0 Å². The number of likely N-dealkylation sites (tertiary alicyclic amines) is 2. The largest absolute Gasteiger partial charge is 0.480 e. The number of primary amides is 2. The number of fused-ring (bicyclic) bond motifs is 1. The maximum absolute atomic E-state index is 13.7. The van der Waals surface area contributed by atoms with E-state index in [1.807, 2.05) is 0 Å². The predicted molar refractivity (Wildman–Crippen MR) is 166 cm³/mol. The fourth-order valence-corrected chi connectivity index (χ4v) is 6.94. The van der Waals surface area contributed by atoms with Crippen LogP contribution in [-0.4, -0.2) is 76.0 Å². The monoisotopic (exact) mass is 602 g/mol. The van der Waals surface area contributed by atoms with Gasteiger partial charge in [-0.25, -0.2) is 14.6 Å². The van der Waals surface area contributed by atoms with Crippen LogP contribution in [0.2, 0.25) is 0 Å². The van der Waals surface area contributed by atoms with Gasteiger partial charge in [-0.3, -0.25) is 14.5 Å². The van der Waals surface area contributed by atoms with E-state index in [0.29, 0.717) is 55.5 Å². The van der Waals surface area contributed by atoms with E-state index < -0.39 is 42.1 Å². The number of rotatable bonds is 7. The molecular weight excluding hydrogens is 564 g/mol. The maximum Gasteiger partial charge on any atom is 0.323 e. The highest BCUT2D eigenvalue weighted by molar-refractivity contribution is 6.10. The van der Waals surface area contributed by atoms with Crippen molar-refractivity contribution in [2.45, 2.75) is 43.7 Å². The van der Waals surface area contributed by atoms with Crippen LogP contribution in [0.1, 0.15) is 48.0 Å². The van der Waals surface area contributed by atoms with Crippen molar-refractivity contribution in [1.82, 2.24) is 14.8 Å². The second-order valence-corrected chi connectivity index (χ2v) is 11.5. The molecule has 2 fully saturated rings. The first-order chi connectivity index (χ1) is 21.1. The molecule has 2 aliphatic rings. The first-order valence-electron chi connectivity index (χ1n) is 14.7. The van der Waals surface area contributed by atoms with Crippen molar-refractivity contribution in [2.75, 3.05) is 36.8 Å². The minimum atomic E-state index is -1.19. The highest BCUT2D eigenvalue weighted by atomic mass is 16.4. The molecule has 9 N–H and O–H groups in total. The molecule has 3 aromatic rings. The summed E-state index contributed by atoms with van der Waals surface area (Å²) in [5, 5.41) is 11.1. The van der Waals surface area contributed by atoms with Gasteiger partial charge in [0, 0.05) is 35.9 Å². The Kier molecular flexibility index (Phi) is 8.59. The number of nitrogens with two attached hydrogens (primary N) is 4. The molecule has 0 saturated carbocycles. The third-order valence-electron chi connectivity index (χ3n) is 9.08. The summed E-state index contributed by atoms with van der Waals surface area (Å²) in [5.74, 6) is -1.35. The summed E-state index contributed by atoms with van der Waals surface area (Å²) in [4.78, 5) is 59.7. The van der Waals surface area contributed by atoms with Crippen LogP contribution in [0.15, 0.2) is 54.7 Å². The van der Waals surface area contributed by atoms with Gasteiger partial charge < -0.3 is 37.8 Å². The van der Waals surface area contributed by atoms with Crippen LogP contribution in [0, 0.1) is 5.92 Å². The standard InChI is InChI=1S/C31H38N8O5/c32-17-19-10-14-37(29(34)43)25(15-19)31(11-1-2-13-39(31)30(35)44)22-5-7-23(8-6-22)38(18-26(40)41)28(42)21-4-3-20-9-12-36-27(33)24(20)16-21/h3-9,12,16,19,25H,1-2,10-11,13-15,17-18,32H2,(H2,33,36)(H2,34,43)(H2,35,44)(H,40,41). The molecule has 0 radical (unpaired) electrons. The van der Waals surface area contributed by atoms with Gasteiger partial charge in [-0.2, -0.15) is 0 Å². The molecule has 232 valence electrons. The number of nitrogen functional groups attached to an aromatic ring is 1. The molecule has 1 aromatic heterocycles. The number of hydrogen-bond donors (Lipinski definition) is 5. The lowest BCUT2D eigenvalue weighted by Crippen LogP contribution is -2.67. The number of nitrogens with zero attached hydrogens (tertiary/aromatic N) is 4. The van der Waals surface area contributed by atoms with Crippen LogP contribution >= 0.6 is 0 Å². The van der Waals surface area contributed by atoms with E-state index in [-0.39, 0.29) is 17.3 Å². The van der Waals surface area contributed by atoms with Crippen LogP contribution in [-0.2, 0) is 10.3 Å². The molecule has 3 atom stereocenters. The SMILES string of the molecule is NCC1CCN(C(N)=O)C(C2(c3ccc(N(CC(=O)O)C(=O)c4ccc5ccnc(N)c5c4)cc3)CCCCN2C(N)=O)C1. The zero-order valence-electron chi connectivity index (χ0n) is 24.4. The van der Waals surface area contributed by atoms with Gasteiger partial charge >= 0.3 is 18.0 Å². The molecule has 2 aliphatic heterocycles. The number of urea groups is 2. The lowest BCUT2D eigenvalue weighted by Gasteiger charge is -2.56. The number of carbonyl (C=O) groups is 4. The molecule has 0 spiro atoms. The number of aliphatic carboxylic acids is 1. The molecule has 3 unspecified atom stereocenters. The number of carbonyl (C=O) groups excluding carboxylic acids is 3. The van der Waals surface area contributed by atoms with Crippen LogP contribution in [0.4, 0.5) is 21.1 Å². The molecule has 2 aromatic carbocycles. The molecule has 2 saturated heterocycles. The van der Waals surface area contributed by atoms with Gasteiger partial charge in [0.25, 0.3) is 5.91 Å². The lowest BCUT2D eigenvalue weighted by atomic mass is 9.70. The Hall–Kier alpha value is -4.91. The number of benzene rings is 2. The van der Waals surface area contributed by atoms with Crippen molar-refractivity contribution in [3.05, 3.63) is 65.9 Å². The van der Waals surface area contributed by atoms with E-state index in [0.717, 1.165) is 18.2 Å². The number of aromatic nitrogens is 1. The average molecular weight is 603 g/mol. The number of hydrogen-bond acceptors (Lipinski definition) is 7. The summed E-state index contributed by atoms with van der Waals surface area (Å²) in [7, 11) is 0. The zero-order valence-corrected chi connectivity index (χ0v) is 24.4. The minimum absolute atomic E-state index is 0.123. The summed E-state index contributed by atoms with van der Waals surface area (Å²) in [6.07, 6.45) is 4.87. The highest BCUT2D eigenvalue weighted by Gasteiger charge is 2.53. The highest BCUT2D eigenvalue weighted by Crippen LogP contribution is 2.46. The third kappa shape index (κ3) is 5.57. The Labute approximate surface area is 254 Å². The Morgan fingerprint density at radius 2 is 1.75 bits per heavy atom. The fraction of sp³-hybridized carbons (Fsp3) is 0.387. The summed E-state index contributed by atoms with van der Waals surface area (Å²) in [6.45, 7) is 0.642. The fourth-order valence-electron chi connectivity index (χ4n) is 6.94. The minimum Gasteiger partial charge on any atom is -0.480 e. The van der Waals surface area contributed by atoms with Crippen molar-refractivity contribution in [3.63, 3.8) is 0 Å². The summed E-state index contributed by atoms with van der Waals surface area (Å²) in [5.41, 5.74) is 24.2. The van der Waals surface area contributed by atoms with E-state index in [4.69, 9.17) is 22.9 Å². The van der Waals surface area contributed by atoms with Gasteiger partial charge in [-0.05, 0) is 85.8 Å². The van der Waals surface area contributed by atoms with E-state index in [2.05, 4.69) is 4.98 Å². The van der Waals surface area contributed by atoms with Crippen LogP contribution in [0.25, 0.3) is 10.8 Å². The van der Waals surface area contributed by atoms with Crippen LogP contribution in [0.5, 0.6) is 0 Å². The van der Waals surface area contributed by atoms with Crippen molar-refractivity contribution in [3.8, 4) is 0 Å². The Morgan fingerprint density at radius 1 is 1.00 bits per heavy atom. The van der Waals surface area contributed by atoms with Crippen molar-refractivity contribution in [2.24, 2.45) is 23.1 Å². The normalized spacial score (nSPS) is 22.0. The Bertz CT molecular complexity index is 1580. The zero-order chi connectivity index (χ0) is 31.6. The number of pyridine rings is 1. The van der Waals surface area contributed by atoms with Gasteiger partial charge in [0.05, 0.1) is 11.6 Å².